The maximum atomic E-state index is 12.2. The number of nitrogens with zero attached hydrogens (tertiary/aromatic N) is 2. The molecular weight excluding hydrogens is 380 g/mol. The highest BCUT2D eigenvalue weighted by molar-refractivity contribution is 7.13. The predicted molar refractivity (Wildman–Crippen MR) is 104 cm³/mol. The number of carbonyl (C=O) groups excluding carboxylic acids is 1. The van der Waals surface area contributed by atoms with Gasteiger partial charge in [-0.15, -0.1) is 11.3 Å². The molecule has 0 fully saturated rings. The number of carbonyl (C=O) groups is 1. The number of oxazole rings is 1. The SMILES string of the molecule is COc1cccc(-c2nc(COC(=O)Cn3c(=O)oc4ccccc43)cs2)c1. The van der Waals surface area contributed by atoms with Crippen molar-refractivity contribution in [1.29, 1.82) is 0 Å². The van der Waals surface area contributed by atoms with E-state index in [4.69, 9.17) is 13.9 Å². The van der Waals surface area contributed by atoms with Crippen molar-refractivity contribution in [2.24, 2.45) is 0 Å². The van der Waals surface area contributed by atoms with Gasteiger partial charge in [-0.25, -0.2) is 9.78 Å². The molecule has 4 rings (SSSR count). The average Bonchev–Trinajstić information content (AvgIpc) is 3.31. The van der Waals surface area contributed by atoms with E-state index in [-0.39, 0.29) is 13.2 Å². The smallest absolute Gasteiger partial charge is 0.420 e. The monoisotopic (exact) mass is 396 g/mol. The van der Waals surface area contributed by atoms with E-state index in [1.54, 1.807) is 31.4 Å². The van der Waals surface area contributed by atoms with Gasteiger partial charge in [0.05, 0.1) is 18.3 Å². The third kappa shape index (κ3) is 3.67. The Morgan fingerprint density at radius 3 is 2.93 bits per heavy atom. The summed E-state index contributed by atoms with van der Waals surface area (Å²) in [6.07, 6.45) is 0. The van der Waals surface area contributed by atoms with Crippen molar-refractivity contribution < 1.29 is 18.7 Å². The van der Waals surface area contributed by atoms with E-state index in [1.807, 2.05) is 29.6 Å². The number of esters is 1. The van der Waals surface area contributed by atoms with Crippen LogP contribution in [0.3, 0.4) is 0 Å². The molecule has 0 N–H and O–H groups in total. The van der Waals surface area contributed by atoms with E-state index in [9.17, 15) is 9.59 Å². The zero-order valence-corrected chi connectivity index (χ0v) is 15.8. The molecular formula is C20H16N2O5S. The van der Waals surface area contributed by atoms with E-state index in [2.05, 4.69) is 4.98 Å². The maximum absolute atomic E-state index is 12.2. The fourth-order valence-electron chi connectivity index (χ4n) is 2.75. The van der Waals surface area contributed by atoms with Crippen molar-refractivity contribution in [2.45, 2.75) is 13.2 Å². The van der Waals surface area contributed by atoms with Crippen molar-refractivity contribution >= 4 is 28.4 Å². The highest BCUT2D eigenvalue weighted by Gasteiger charge is 2.14. The van der Waals surface area contributed by atoms with Gasteiger partial charge >= 0.3 is 11.7 Å². The Balaban J connectivity index is 1.42. The van der Waals surface area contributed by atoms with Crippen LogP contribution >= 0.6 is 11.3 Å². The maximum Gasteiger partial charge on any atom is 0.420 e. The predicted octanol–water partition coefficient (Wildman–Crippen LogP) is 3.47. The molecule has 2 aromatic heterocycles. The molecule has 7 nitrogen and oxygen atoms in total. The van der Waals surface area contributed by atoms with Crippen LogP contribution in [0, 0.1) is 0 Å². The summed E-state index contributed by atoms with van der Waals surface area (Å²) in [6, 6.07) is 14.5. The molecule has 0 aliphatic rings. The first kappa shape index (κ1) is 18.0. The molecule has 0 spiro atoms. The lowest BCUT2D eigenvalue weighted by Gasteiger charge is -2.04. The lowest BCUT2D eigenvalue weighted by Crippen LogP contribution is -2.21. The van der Waals surface area contributed by atoms with Crippen molar-refractivity contribution in [3.63, 3.8) is 0 Å². The van der Waals surface area contributed by atoms with Gasteiger partial charge in [-0.3, -0.25) is 9.36 Å². The zero-order chi connectivity index (χ0) is 19.5. The van der Waals surface area contributed by atoms with Gasteiger partial charge in [0.2, 0.25) is 0 Å². The number of thiazole rings is 1. The summed E-state index contributed by atoms with van der Waals surface area (Å²) in [5, 5.41) is 2.64. The molecule has 0 aliphatic heterocycles. The standard InChI is InChI=1S/C20H16N2O5S/c1-25-15-6-4-5-13(9-15)19-21-14(12-28-19)11-26-18(23)10-22-16-7-2-3-8-17(16)27-20(22)24/h2-9,12H,10-11H2,1H3. The molecule has 0 amide bonds. The second-order valence-electron chi connectivity index (χ2n) is 5.96. The van der Waals surface area contributed by atoms with Crippen molar-refractivity contribution in [3.05, 3.63) is 70.2 Å². The molecule has 142 valence electrons. The molecule has 0 radical (unpaired) electrons. The zero-order valence-electron chi connectivity index (χ0n) is 15.0. The van der Waals surface area contributed by atoms with Crippen LogP contribution in [0.15, 0.2) is 63.1 Å². The highest BCUT2D eigenvalue weighted by atomic mass is 32.1. The van der Waals surface area contributed by atoms with Gasteiger partial charge in [-0.1, -0.05) is 24.3 Å². The number of para-hydroxylation sites is 2. The van der Waals surface area contributed by atoms with E-state index in [0.717, 1.165) is 16.3 Å². The molecule has 8 heteroatoms. The lowest BCUT2D eigenvalue weighted by molar-refractivity contribution is -0.145. The van der Waals surface area contributed by atoms with Gasteiger partial charge in [0, 0.05) is 10.9 Å². The minimum atomic E-state index is -0.591. The summed E-state index contributed by atoms with van der Waals surface area (Å²) >= 11 is 1.46. The molecule has 0 bridgehead atoms. The fourth-order valence-corrected chi connectivity index (χ4v) is 3.56. The normalized spacial score (nSPS) is 10.9. The highest BCUT2D eigenvalue weighted by Crippen LogP contribution is 2.27. The summed E-state index contributed by atoms with van der Waals surface area (Å²) in [5.41, 5.74) is 2.56. The number of aromatic nitrogens is 2. The first-order chi connectivity index (χ1) is 13.6. The topological polar surface area (TPSA) is 83.6 Å². The third-order valence-corrected chi connectivity index (χ3v) is 5.05. The fraction of sp³-hybridized carbons (Fsp3) is 0.150. The average molecular weight is 396 g/mol. The molecule has 0 atom stereocenters. The van der Waals surface area contributed by atoms with Crippen LogP contribution in [0.25, 0.3) is 21.7 Å². The first-order valence-electron chi connectivity index (χ1n) is 8.47. The van der Waals surface area contributed by atoms with Crippen LogP contribution < -0.4 is 10.5 Å². The minimum Gasteiger partial charge on any atom is -0.497 e. The Bertz CT molecular complexity index is 1190. The Kier molecular flexibility index (Phi) is 4.94. The van der Waals surface area contributed by atoms with E-state index < -0.39 is 11.7 Å². The Labute approximate surface area is 163 Å². The molecule has 0 unspecified atom stereocenters. The number of methoxy groups -OCH3 is 1. The van der Waals surface area contributed by atoms with Gasteiger partial charge in [-0.05, 0) is 24.3 Å². The quantitative estimate of drug-likeness (QED) is 0.464. The van der Waals surface area contributed by atoms with Crippen LogP contribution in [-0.2, 0) is 22.7 Å². The van der Waals surface area contributed by atoms with Crippen molar-refractivity contribution in [1.82, 2.24) is 9.55 Å². The number of ether oxygens (including phenoxy) is 2. The third-order valence-electron chi connectivity index (χ3n) is 4.11. The van der Waals surface area contributed by atoms with Crippen LogP contribution in [-0.4, -0.2) is 22.6 Å². The van der Waals surface area contributed by atoms with Gasteiger partial charge < -0.3 is 13.9 Å². The number of rotatable bonds is 6. The van der Waals surface area contributed by atoms with Crippen LogP contribution in [0.1, 0.15) is 5.69 Å². The Hall–Kier alpha value is -3.39. The largest absolute Gasteiger partial charge is 0.497 e. The minimum absolute atomic E-state index is 0.0316. The summed E-state index contributed by atoms with van der Waals surface area (Å²) < 4.78 is 16.9. The molecule has 0 saturated carbocycles. The molecule has 4 aromatic rings. The summed E-state index contributed by atoms with van der Waals surface area (Å²) in [7, 11) is 1.61. The lowest BCUT2D eigenvalue weighted by atomic mass is 10.2. The second kappa shape index (κ2) is 7.69. The summed E-state index contributed by atoms with van der Waals surface area (Å²) in [5.74, 6) is -0.379. The molecule has 28 heavy (non-hydrogen) atoms. The van der Waals surface area contributed by atoms with Crippen molar-refractivity contribution in [2.75, 3.05) is 7.11 Å². The van der Waals surface area contributed by atoms with Crippen molar-refractivity contribution in [3.8, 4) is 16.3 Å². The van der Waals surface area contributed by atoms with Gasteiger partial charge in [0.15, 0.2) is 5.58 Å². The van der Waals surface area contributed by atoms with Gasteiger partial charge in [0.1, 0.15) is 23.9 Å². The second-order valence-corrected chi connectivity index (χ2v) is 6.82. The number of fused-ring (bicyclic) bond motifs is 1. The Morgan fingerprint density at radius 2 is 2.07 bits per heavy atom. The number of benzene rings is 2. The number of hydrogen-bond donors (Lipinski definition) is 0. The Morgan fingerprint density at radius 1 is 1.21 bits per heavy atom. The molecule has 2 aromatic carbocycles. The first-order valence-corrected chi connectivity index (χ1v) is 9.35. The van der Waals surface area contributed by atoms with Crippen LogP contribution in [0.2, 0.25) is 0 Å². The number of hydrogen-bond acceptors (Lipinski definition) is 7. The van der Waals surface area contributed by atoms with Crippen LogP contribution in [0.5, 0.6) is 5.75 Å². The van der Waals surface area contributed by atoms with E-state index in [1.165, 1.54) is 15.9 Å². The van der Waals surface area contributed by atoms with Crippen LogP contribution in [0.4, 0.5) is 0 Å². The van der Waals surface area contributed by atoms with E-state index in [0.29, 0.717) is 16.8 Å². The van der Waals surface area contributed by atoms with Gasteiger partial charge in [-0.2, -0.15) is 0 Å². The van der Waals surface area contributed by atoms with Gasteiger partial charge in [0.25, 0.3) is 0 Å². The molecule has 0 saturated heterocycles. The summed E-state index contributed by atoms with van der Waals surface area (Å²) in [6.45, 7) is -0.188. The molecule has 2 heterocycles. The van der Waals surface area contributed by atoms with E-state index >= 15 is 0 Å². The molecule has 0 aliphatic carbocycles. The summed E-state index contributed by atoms with van der Waals surface area (Å²) in [4.78, 5) is 28.6.